The van der Waals surface area contributed by atoms with Crippen LogP contribution in [0.2, 0.25) is 0 Å². The fourth-order valence-corrected chi connectivity index (χ4v) is 3.63. The zero-order chi connectivity index (χ0) is 20.8. The molecule has 0 saturated heterocycles. The lowest BCUT2D eigenvalue weighted by Gasteiger charge is -2.23. The second-order valence-electron chi connectivity index (χ2n) is 7.37. The molecule has 5 nitrogen and oxygen atoms in total. The number of esters is 1. The molecule has 0 N–H and O–H groups in total. The molecule has 0 spiro atoms. The molecule has 0 saturated carbocycles. The van der Waals surface area contributed by atoms with Gasteiger partial charge < -0.3 is 4.74 Å². The monoisotopic (exact) mass is 399 g/mol. The maximum atomic E-state index is 12.7. The summed E-state index contributed by atoms with van der Waals surface area (Å²) in [5.41, 5.74) is 4.56. The number of carbonyl (C=O) groups is 1. The number of benzene rings is 2. The standard InChI is InChI=1S/C25H25N3O2/c1-19-10-8-13-21(26-19)14-9-17-30-25(29)23-18-24(20-11-4-2-5-12-20)28(27-23)22-15-6-3-7-16-22/h2-8,10-13,15-16,24H,9,14,17-18H2,1H3. The Morgan fingerprint density at radius 1 is 1.00 bits per heavy atom. The Hall–Kier alpha value is -3.47. The fraction of sp³-hybridized carbons (Fsp3) is 0.240. The number of hydrazone groups is 1. The molecule has 0 bridgehead atoms. The summed E-state index contributed by atoms with van der Waals surface area (Å²) in [4.78, 5) is 17.2. The highest BCUT2D eigenvalue weighted by atomic mass is 16.5. The molecule has 3 aromatic rings. The van der Waals surface area contributed by atoms with E-state index in [0.29, 0.717) is 18.7 Å². The van der Waals surface area contributed by atoms with Gasteiger partial charge in [0.05, 0.1) is 18.3 Å². The third-order valence-electron chi connectivity index (χ3n) is 5.11. The van der Waals surface area contributed by atoms with Crippen molar-refractivity contribution in [3.05, 3.63) is 95.8 Å². The predicted molar refractivity (Wildman–Crippen MR) is 118 cm³/mol. The molecule has 0 amide bonds. The maximum absolute atomic E-state index is 12.7. The van der Waals surface area contributed by atoms with Crippen LogP contribution in [0.5, 0.6) is 0 Å². The van der Waals surface area contributed by atoms with Gasteiger partial charge in [0, 0.05) is 17.8 Å². The molecular weight excluding hydrogens is 374 g/mol. The number of ether oxygens (including phenoxy) is 1. The number of para-hydroxylation sites is 1. The van der Waals surface area contributed by atoms with Gasteiger partial charge in [-0.05, 0) is 49.6 Å². The van der Waals surface area contributed by atoms with Gasteiger partial charge in [-0.25, -0.2) is 4.79 Å². The van der Waals surface area contributed by atoms with Gasteiger partial charge in [-0.1, -0.05) is 54.6 Å². The van der Waals surface area contributed by atoms with E-state index < -0.39 is 0 Å². The van der Waals surface area contributed by atoms with Gasteiger partial charge in [0.1, 0.15) is 5.71 Å². The van der Waals surface area contributed by atoms with Crippen LogP contribution in [0, 0.1) is 6.92 Å². The second kappa shape index (κ2) is 9.35. The topological polar surface area (TPSA) is 54.8 Å². The molecule has 2 aromatic carbocycles. The van der Waals surface area contributed by atoms with Crippen LogP contribution in [-0.2, 0) is 16.0 Å². The normalized spacial score (nSPS) is 15.7. The molecular formula is C25H25N3O2. The molecule has 1 unspecified atom stereocenters. The third kappa shape index (κ3) is 4.74. The molecule has 152 valence electrons. The zero-order valence-corrected chi connectivity index (χ0v) is 17.1. The number of aryl methyl sites for hydroxylation is 2. The van der Waals surface area contributed by atoms with Gasteiger partial charge in [-0.2, -0.15) is 5.10 Å². The molecule has 2 heterocycles. The largest absolute Gasteiger partial charge is 0.461 e. The summed E-state index contributed by atoms with van der Waals surface area (Å²) in [6, 6.07) is 26.0. The number of hydrogen-bond acceptors (Lipinski definition) is 5. The molecule has 1 aliphatic heterocycles. The van der Waals surface area contributed by atoms with Crippen LogP contribution >= 0.6 is 0 Å². The van der Waals surface area contributed by atoms with E-state index in [9.17, 15) is 4.79 Å². The number of hydrogen-bond donors (Lipinski definition) is 0. The van der Waals surface area contributed by atoms with Gasteiger partial charge in [-0.15, -0.1) is 0 Å². The highest BCUT2D eigenvalue weighted by molar-refractivity contribution is 6.37. The Labute approximate surface area is 177 Å². The van der Waals surface area contributed by atoms with E-state index in [2.05, 4.69) is 22.2 Å². The van der Waals surface area contributed by atoms with E-state index in [-0.39, 0.29) is 12.0 Å². The Balaban J connectivity index is 1.40. The van der Waals surface area contributed by atoms with E-state index in [1.54, 1.807) is 0 Å². The molecule has 4 rings (SSSR count). The summed E-state index contributed by atoms with van der Waals surface area (Å²) < 4.78 is 5.52. The van der Waals surface area contributed by atoms with E-state index >= 15 is 0 Å². The van der Waals surface area contributed by atoms with Crippen molar-refractivity contribution in [2.45, 2.75) is 32.2 Å². The first kappa shape index (κ1) is 19.8. The van der Waals surface area contributed by atoms with Crippen LogP contribution < -0.4 is 5.01 Å². The number of nitrogens with zero attached hydrogens (tertiary/aromatic N) is 3. The molecule has 1 atom stereocenters. The minimum atomic E-state index is -0.341. The van der Waals surface area contributed by atoms with E-state index in [0.717, 1.165) is 35.5 Å². The maximum Gasteiger partial charge on any atom is 0.354 e. The Morgan fingerprint density at radius 3 is 2.47 bits per heavy atom. The van der Waals surface area contributed by atoms with Gasteiger partial charge in [0.2, 0.25) is 0 Å². The first-order valence-corrected chi connectivity index (χ1v) is 10.3. The molecule has 1 aliphatic rings. The van der Waals surface area contributed by atoms with Crippen molar-refractivity contribution in [1.82, 2.24) is 4.98 Å². The molecule has 30 heavy (non-hydrogen) atoms. The fourth-order valence-electron chi connectivity index (χ4n) is 3.63. The summed E-state index contributed by atoms with van der Waals surface area (Å²) in [7, 11) is 0. The number of pyridine rings is 1. The number of aromatic nitrogens is 1. The average Bonchev–Trinajstić information content (AvgIpc) is 3.24. The second-order valence-corrected chi connectivity index (χ2v) is 7.37. The van der Waals surface area contributed by atoms with Crippen molar-refractivity contribution in [3.63, 3.8) is 0 Å². The van der Waals surface area contributed by atoms with E-state index in [1.165, 1.54) is 0 Å². The summed E-state index contributed by atoms with van der Waals surface area (Å²) in [5.74, 6) is -0.341. The highest BCUT2D eigenvalue weighted by Gasteiger charge is 2.33. The summed E-state index contributed by atoms with van der Waals surface area (Å²) in [5, 5.41) is 6.55. The SMILES string of the molecule is Cc1cccc(CCCOC(=O)C2=NN(c3ccccc3)C(c3ccccc3)C2)n1. The van der Waals surface area contributed by atoms with Crippen LogP contribution in [0.1, 0.15) is 35.8 Å². The molecule has 0 aliphatic carbocycles. The number of rotatable bonds is 7. The zero-order valence-electron chi connectivity index (χ0n) is 17.1. The van der Waals surface area contributed by atoms with Crippen LogP contribution in [-0.4, -0.2) is 23.3 Å². The molecule has 1 aromatic heterocycles. The number of carbonyl (C=O) groups excluding carboxylic acids is 1. The Bertz CT molecular complexity index is 1020. The smallest absolute Gasteiger partial charge is 0.354 e. The summed E-state index contributed by atoms with van der Waals surface area (Å²) >= 11 is 0. The lowest BCUT2D eigenvalue weighted by atomic mass is 10.0. The van der Waals surface area contributed by atoms with Crippen molar-refractivity contribution in [1.29, 1.82) is 0 Å². The van der Waals surface area contributed by atoms with E-state index in [4.69, 9.17) is 4.74 Å². The Morgan fingerprint density at radius 2 is 1.73 bits per heavy atom. The minimum Gasteiger partial charge on any atom is -0.461 e. The lowest BCUT2D eigenvalue weighted by molar-refractivity contribution is -0.135. The van der Waals surface area contributed by atoms with Crippen molar-refractivity contribution in [3.8, 4) is 0 Å². The van der Waals surface area contributed by atoms with Crippen molar-refractivity contribution in [2.24, 2.45) is 5.10 Å². The quantitative estimate of drug-likeness (QED) is 0.420. The van der Waals surface area contributed by atoms with Crippen LogP contribution in [0.15, 0.2) is 84.0 Å². The van der Waals surface area contributed by atoms with E-state index in [1.807, 2.05) is 78.7 Å². The summed E-state index contributed by atoms with van der Waals surface area (Å²) in [6.45, 7) is 2.33. The van der Waals surface area contributed by atoms with Crippen molar-refractivity contribution < 1.29 is 9.53 Å². The first-order chi connectivity index (χ1) is 14.7. The molecule has 0 radical (unpaired) electrons. The van der Waals surface area contributed by atoms with Crippen LogP contribution in [0.3, 0.4) is 0 Å². The summed E-state index contributed by atoms with van der Waals surface area (Å²) in [6.07, 6.45) is 2.04. The van der Waals surface area contributed by atoms with Gasteiger partial charge in [0.15, 0.2) is 0 Å². The van der Waals surface area contributed by atoms with Gasteiger partial charge in [-0.3, -0.25) is 9.99 Å². The van der Waals surface area contributed by atoms with Crippen LogP contribution in [0.4, 0.5) is 5.69 Å². The third-order valence-corrected chi connectivity index (χ3v) is 5.11. The van der Waals surface area contributed by atoms with Gasteiger partial charge in [0.25, 0.3) is 0 Å². The highest BCUT2D eigenvalue weighted by Crippen LogP contribution is 2.35. The lowest BCUT2D eigenvalue weighted by Crippen LogP contribution is -2.19. The van der Waals surface area contributed by atoms with Gasteiger partial charge >= 0.3 is 5.97 Å². The first-order valence-electron chi connectivity index (χ1n) is 10.3. The Kier molecular flexibility index (Phi) is 6.18. The minimum absolute atomic E-state index is 0.0207. The number of anilines is 1. The molecule has 5 heteroatoms. The van der Waals surface area contributed by atoms with Crippen LogP contribution in [0.25, 0.3) is 0 Å². The predicted octanol–water partition coefficient (Wildman–Crippen LogP) is 4.87. The van der Waals surface area contributed by atoms with Crippen molar-refractivity contribution >= 4 is 17.4 Å². The van der Waals surface area contributed by atoms with Crippen molar-refractivity contribution in [2.75, 3.05) is 11.6 Å². The average molecular weight is 399 g/mol. The molecule has 0 fully saturated rings.